The fraction of sp³-hybridized carbons (Fsp3) is 0.450. The lowest BCUT2D eigenvalue weighted by atomic mass is 9.92. The molecule has 0 aliphatic carbocycles. The van der Waals surface area contributed by atoms with Crippen molar-refractivity contribution in [3.05, 3.63) is 48.0 Å². The van der Waals surface area contributed by atoms with E-state index in [0.717, 1.165) is 16.3 Å². The van der Waals surface area contributed by atoms with Gasteiger partial charge in [-0.3, -0.25) is 0 Å². The van der Waals surface area contributed by atoms with Gasteiger partial charge in [0, 0.05) is 33.3 Å². The Morgan fingerprint density at radius 2 is 1.79 bits per heavy atom. The number of hydrogen-bond acceptors (Lipinski definition) is 4. The minimum atomic E-state index is -3.19. The molecule has 0 bridgehead atoms. The van der Waals surface area contributed by atoms with Crippen molar-refractivity contribution in [3.8, 4) is 0 Å². The van der Waals surface area contributed by atoms with Gasteiger partial charge in [0.15, 0.2) is 0 Å². The average molecular weight is 406 g/mol. The zero-order valence-corrected chi connectivity index (χ0v) is 17.1. The first-order valence-electron chi connectivity index (χ1n) is 9.32. The van der Waals surface area contributed by atoms with Crippen LogP contribution in [0.2, 0.25) is 0 Å². The maximum atomic E-state index is 12.3. The Hall–Kier alpha value is -2.16. The molecule has 28 heavy (non-hydrogen) atoms. The fourth-order valence-corrected chi connectivity index (χ4v) is 4.45. The number of benzene rings is 2. The lowest BCUT2D eigenvalue weighted by Crippen LogP contribution is -2.54. The van der Waals surface area contributed by atoms with Crippen LogP contribution in [-0.2, 0) is 21.3 Å². The molecule has 0 radical (unpaired) electrons. The van der Waals surface area contributed by atoms with Crippen molar-refractivity contribution in [1.82, 2.24) is 14.9 Å². The molecule has 1 heterocycles. The summed E-state index contributed by atoms with van der Waals surface area (Å²) < 4.78 is 30.4. The molecule has 2 N–H and O–H groups in total. The molecule has 0 atom stereocenters. The first kappa shape index (κ1) is 20.6. The standard InChI is InChI=1S/C20H27N3O4S/c1-27-20(10-12-23(13-11-20)28(2,25)26)15-22-19(24)21-14-17-8-5-7-16-6-3-4-9-18(16)17/h3-9H,10-15H2,1-2H3,(H2,21,22,24). The number of carbonyl (C=O) groups is 1. The summed E-state index contributed by atoms with van der Waals surface area (Å²) in [5.74, 6) is 0. The number of methoxy groups -OCH3 is 1. The summed E-state index contributed by atoms with van der Waals surface area (Å²) in [7, 11) is -1.59. The van der Waals surface area contributed by atoms with Crippen LogP contribution in [0.25, 0.3) is 10.8 Å². The molecule has 1 aliphatic rings. The van der Waals surface area contributed by atoms with Crippen LogP contribution in [0.1, 0.15) is 18.4 Å². The smallest absolute Gasteiger partial charge is 0.315 e. The summed E-state index contributed by atoms with van der Waals surface area (Å²) in [4.78, 5) is 12.3. The number of urea groups is 1. The summed E-state index contributed by atoms with van der Waals surface area (Å²) in [5.41, 5.74) is 0.508. The maximum Gasteiger partial charge on any atom is 0.315 e. The first-order valence-corrected chi connectivity index (χ1v) is 11.2. The Morgan fingerprint density at radius 3 is 2.46 bits per heavy atom. The van der Waals surface area contributed by atoms with Gasteiger partial charge in [-0.15, -0.1) is 0 Å². The van der Waals surface area contributed by atoms with E-state index in [1.165, 1.54) is 10.6 Å². The highest BCUT2D eigenvalue weighted by Gasteiger charge is 2.37. The normalized spacial score (nSPS) is 17.4. The molecule has 3 rings (SSSR count). The van der Waals surface area contributed by atoms with Crippen molar-refractivity contribution in [1.29, 1.82) is 0 Å². The summed E-state index contributed by atoms with van der Waals surface area (Å²) in [6, 6.07) is 13.8. The van der Waals surface area contributed by atoms with E-state index in [4.69, 9.17) is 4.74 Å². The largest absolute Gasteiger partial charge is 0.376 e. The highest BCUT2D eigenvalue weighted by Crippen LogP contribution is 2.26. The van der Waals surface area contributed by atoms with Gasteiger partial charge in [-0.25, -0.2) is 17.5 Å². The lowest BCUT2D eigenvalue weighted by Gasteiger charge is -2.39. The summed E-state index contributed by atoms with van der Waals surface area (Å²) in [6.45, 7) is 1.55. The topological polar surface area (TPSA) is 87.7 Å². The van der Waals surface area contributed by atoms with Gasteiger partial charge in [0.25, 0.3) is 0 Å². The molecule has 8 heteroatoms. The minimum Gasteiger partial charge on any atom is -0.376 e. The van der Waals surface area contributed by atoms with Crippen LogP contribution in [0.15, 0.2) is 42.5 Å². The second-order valence-corrected chi connectivity index (χ2v) is 9.21. The lowest BCUT2D eigenvalue weighted by molar-refractivity contribution is -0.0417. The molecule has 0 saturated carbocycles. The Balaban J connectivity index is 1.53. The second kappa shape index (κ2) is 8.46. The number of hydrogen-bond donors (Lipinski definition) is 2. The van der Waals surface area contributed by atoms with Gasteiger partial charge in [0.1, 0.15) is 0 Å². The zero-order valence-electron chi connectivity index (χ0n) is 16.3. The highest BCUT2D eigenvalue weighted by atomic mass is 32.2. The van der Waals surface area contributed by atoms with Gasteiger partial charge in [-0.05, 0) is 29.2 Å². The zero-order chi connectivity index (χ0) is 20.2. The minimum absolute atomic E-state index is 0.269. The van der Waals surface area contributed by atoms with Crippen LogP contribution < -0.4 is 10.6 Å². The predicted molar refractivity (Wildman–Crippen MR) is 110 cm³/mol. The quantitative estimate of drug-likeness (QED) is 0.770. The number of amides is 2. The van der Waals surface area contributed by atoms with Crippen LogP contribution in [0.3, 0.4) is 0 Å². The number of piperidine rings is 1. The molecule has 0 spiro atoms. The third kappa shape index (κ3) is 4.81. The number of rotatable bonds is 6. The molecule has 0 unspecified atom stereocenters. The van der Waals surface area contributed by atoms with E-state index >= 15 is 0 Å². The van der Waals surface area contributed by atoms with Crippen LogP contribution >= 0.6 is 0 Å². The third-order valence-corrected chi connectivity index (χ3v) is 6.73. The van der Waals surface area contributed by atoms with Crippen molar-refractivity contribution >= 4 is 26.8 Å². The summed E-state index contributed by atoms with van der Waals surface area (Å²) in [5, 5.41) is 8.02. The summed E-state index contributed by atoms with van der Waals surface area (Å²) >= 11 is 0. The Bertz CT molecular complexity index is 932. The molecule has 1 fully saturated rings. The molecule has 2 aromatic carbocycles. The van der Waals surface area contributed by atoms with Gasteiger partial charge >= 0.3 is 6.03 Å². The number of ether oxygens (including phenoxy) is 1. The van der Waals surface area contributed by atoms with Crippen LogP contribution in [0, 0.1) is 0 Å². The number of sulfonamides is 1. The van der Waals surface area contributed by atoms with Crippen molar-refractivity contribution in [2.75, 3.05) is 33.0 Å². The van der Waals surface area contributed by atoms with E-state index in [9.17, 15) is 13.2 Å². The van der Waals surface area contributed by atoms with E-state index < -0.39 is 15.6 Å². The van der Waals surface area contributed by atoms with E-state index in [2.05, 4.69) is 10.6 Å². The van der Waals surface area contributed by atoms with Crippen LogP contribution in [0.5, 0.6) is 0 Å². The van der Waals surface area contributed by atoms with E-state index in [1.807, 2.05) is 42.5 Å². The van der Waals surface area contributed by atoms with Gasteiger partial charge < -0.3 is 15.4 Å². The molecule has 0 aromatic heterocycles. The molecule has 152 valence electrons. The molecule has 2 amide bonds. The van der Waals surface area contributed by atoms with Crippen LogP contribution in [-0.4, -0.2) is 57.4 Å². The van der Waals surface area contributed by atoms with E-state index in [1.54, 1.807) is 7.11 Å². The highest BCUT2D eigenvalue weighted by molar-refractivity contribution is 7.88. The van der Waals surface area contributed by atoms with Gasteiger partial charge in [-0.2, -0.15) is 0 Å². The van der Waals surface area contributed by atoms with Crippen LogP contribution in [0.4, 0.5) is 4.79 Å². The van der Waals surface area contributed by atoms with Gasteiger partial charge in [-0.1, -0.05) is 42.5 Å². The van der Waals surface area contributed by atoms with Crippen molar-refractivity contribution in [2.45, 2.75) is 25.0 Å². The molecular weight excluding hydrogens is 378 g/mol. The van der Waals surface area contributed by atoms with Crippen molar-refractivity contribution in [2.24, 2.45) is 0 Å². The monoisotopic (exact) mass is 405 g/mol. The SMILES string of the molecule is COC1(CNC(=O)NCc2cccc3ccccc23)CCN(S(C)(=O)=O)CC1. The first-order chi connectivity index (χ1) is 13.3. The van der Waals surface area contributed by atoms with Gasteiger partial charge in [0.05, 0.1) is 11.9 Å². The van der Waals surface area contributed by atoms with E-state index in [0.29, 0.717) is 39.0 Å². The summed E-state index contributed by atoms with van der Waals surface area (Å²) in [6.07, 6.45) is 2.30. The van der Waals surface area contributed by atoms with Crippen molar-refractivity contribution in [3.63, 3.8) is 0 Å². The number of nitrogens with one attached hydrogen (secondary N) is 2. The second-order valence-electron chi connectivity index (χ2n) is 7.22. The maximum absolute atomic E-state index is 12.3. The number of fused-ring (bicyclic) bond motifs is 1. The molecular formula is C20H27N3O4S. The molecule has 1 saturated heterocycles. The fourth-order valence-electron chi connectivity index (χ4n) is 3.60. The Labute approximate surface area is 166 Å². The molecule has 1 aliphatic heterocycles. The molecule has 7 nitrogen and oxygen atoms in total. The predicted octanol–water partition coefficient (Wildman–Crippen LogP) is 2.08. The Morgan fingerprint density at radius 1 is 1.11 bits per heavy atom. The average Bonchev–Trinajstić information content (AvgIpc) is 2.70. The third-order valence-electron chi connectivity index (χ3n) is 5.43. The van der Waals surface area contributed by atoms with Crippen molar-refractivity contribution < 1.29 is 17.9 Å². The Kier molecular flexibility index (Phi) is 6.22. The number of carbonyl (C=O) groups excluding carboxylic acids is 1. The van der Waals surface area contributed by atoms with Gasteiger partial charge in [0.2, 0.25) is 10.0 Å². The van der Waals surface area contributed by atoms with E-state index in [-0.39, 0.29) is 6.03 Å². The number of nitrogens with zero attached hydrogens (tertiary/aromatic N) is 1. The molecule has 2 aromatic rings.